The summed E-state index contributed by atoms with van der Waals surface area (Å²) in [5.41, 5.74) is 3.80. The van der Waals surface area contributed by atoms with Gasteiger partial charge in [0.05, 0.1) is 6.61 Å². The first kappa shape index (κ1) is 14.2. The SMILES string of the molecule is CCC(CN)(COCC(F)(F)F)C(=O)O. The molecule has 0 rings (SSSR count). The number of carbonyl (C=O) groups is 1. The molecule has 0 saturated carbocycles. The minimum absolute atomic E-state index is 0.122. The van der Waals surface area contributed by atoms with E-state index in [1.807, 2.05) is 0 Å². The number of nitrogens with two attached hydrogens (primary N) is 1. The molecule has 0 aromatic carbocycles. The molecule has 0 aliphatic rings. The van der Waals surface area contributed by atoms with E-state index < -0.39 is 30.8 Å². The summed E-state index contributed by atoms with van der Waals surface area (Å²) in [6.07, 6.45) is -4.33. The van der Waals surface area contributed by atoms with Crippen LogP contribution >= 0.6 is 0 Å². The van der Waals surface area contributed by atoms with Gasteiger partial charge in [-0.05, 0) is 6.42 Å². The number of hydrogen-bond acceptors (Lipinski definition) is 3. The van der Waals surface area contributed by atoms with Gasteiger partial charge >= 0.3 is 12.1 Å². The Kier molecular flexibility index (Phi) is 5.02. The molecule has 3 N–H and O–H groups in total. The first-order chi connectivity index (χ1) is 6.77. The molecule has 0 fully saturated rings. The summed E-state index contributed by atoms with van der Waals surface area (Å²) in [5, 5.41) is 8.81. The number of hydrogen-bond donors (Lipinski definition) is 2. The molecule has 7 heteroatoms. The minimum atomic E-state index is -4.45. The van der Waals surface area contributed by atoms with Crippen LogP contribution in [0.25, 0.3) is 0 Å². The predicted molar refractivity (Wildman–Crippen MR) is 46.3 cm³/mol. The quantitative estimate of drug-likeness (QED) is 0.712. The monoisotopic (exact) mass is 229 g/mol. The van der Waals surface area contributed by atoms with Gasteiger partial charge in [0.1, 0.15) is 12.0 Å². The normalized spacial score (nSPS) is 16.1. The second-order valence-electron chi connectivity index (χ2n) is 3.25. The first-order valence-corrected chi connectivity index (χ1v) is 4.35. The van der Waals surface area contributed by atoms with Crippen LogP contribution in [0.1, 0.15) is 13.3 Å². The number of alkyl halides is 3. The van der Waals surface area contributed by atoms with Gasteiger partial charge in [-0.3, -0.25) is 4.79 Å². The summed E-state index contributed by atoms with van der Waals surface area (Å²) in [6, 6.07) is 0. The number of aliphatic carboxylic acids is 1. The number of carboxylic acid groups (broad SMARTS) is 1. The second kappa shape index (κ2) is 5.32. The second-order valence-corrected chi connectivity index (χ2v) is 3.25. The van der Waals surface area contributed by atoms with Crippen LogP contribution in [-0.2, 0) is 9.53 Å². The third-order valence-corrected chi connectivity index (χ3v) is 2.17. The number of rotatable bonds is 6. The molecule has 0 saturated heterocycles. The number of ether oxygens (including phenoxy) is 1. The van der Waals surface area contributed by atoms with E-state index in [4.69, 9.17) is 10.8 Å². The van der Waals surface area contributed by atoms with Crippen molar-refractivity contribution < 1.29 is 27.8 Å². The van der Waals surface area contributed by atoms with Gasteiger partial charge in [-0.15, -0.1) is 0 Å². The number of carboxylic acids is 1. The van der Waals surface area contributed by atoms with E-state index in [1.165, 1.54) is 6.92 Å². The van der Waals surface area contributed by atoms with Crippen molar-refractivity contribution >= 4 is 5.97 Å². The zero-order chi connectivity index (χ0) is 12.1. The molecule has 0 bridgehead atoms. The van der Waals surface area contributed by atoms with Crippen LogP contribution in [0.4, 0.5) is 13.2 Å². The van der Waals surface area contributed by atoms with Crippen molar-refractivity contribution in [2.45, 2.75) is 19.5 Å². The molecule has 90 valence electrons. The highest BCUT2D eigenvalue weighted by Gasteiger charge is 2.37. The van der Waals surface area contributed by atoms with Gasteiger partial charge in [0.2, 0.25) is 0 Å². The van der Waals surface area contributed by atoms with Gasteiger partial charge in [0.15, 0.2) is 0 Å². The fraction of sp³-hybridized carbons (Fsp3) is 0.875. The molecule has 0 amide bonds. The lowest BCUT2D eigenvalue weighted by molar-refractivity contribution is -0.186. The Hall–Kier alpha value is -0.820. The van der Waals surface area contributed by atoms with E-state index in [1.54, 1.807) is 0 Å². The Bertz CT molecular complexity index is 214. The highest BCUT2D eigenvalue weighted by Crippen LogP contribution is 2.23. The average Bonchev–Trinajstić information content (AvgIpc) is 2.10. The Morgan fingerprint density at radius 1 is 1.40 bits per heavy atom. The van der Waals surface area contributed by atoms with Crippen molar-refractivity contribution in [1.82, 2.24) is 0 Å². The standard InChI is InChI=1S/C8H14F3NO3/c1-2-7(3-12,6(13)14)4-15-5-8(9,10)11/h2-5,12H2,1H3,(H,13,14). The lowest BCUT2D eigenvalue weighted by atomic mass is 9.86. The molecule has 4 nitrogen and oxygen atoms in total. The molecule has 0 radical (unpaired) electrons. The smallest absolute Gasteiger partial charge is 0.411 e. The maximum Gasteiger partial charge on any atom is 0.411 e. The van der Waals surface area contributed by atoms with Gasteiger partial charge in [-0.1, -0.05) is 6.92 Å². The van der Waals surface area contributed by atoms with Crippen LogP contribution in [0.2, 0.25) is 0 Å². The molecule has 0 heterocycles. The molecule has 1 unspecified atom stereocenters. The maximum atomic E-state index is 11.7. The van der Waals surface area contributed by atoms with Crippen LogP contribution in [0.15, 0.2) is 0 Å². The Morgan fingerprint density at radius 2 is 1.93 bits per heavy atom. The summed E-state index contributed by atoms with van der Waals surface area (Å²) in [7, 11) is 0. The zero-order valence-corrected chi connectivity index (χ0v) is 8.30. The summed E-state index contributed by atoms with van der Waals surface area (Å²) in [4.78, 5) is 10.8. The molecule has 0 aliphatic carbocycles. The van der Waals surface area contributed by atoms with Crippen LogP contribution < -0.4 is 5.73 Å². The molecule has 0 spiro atoms. The van der Waals surface area contributed by atoms with Crippen molar-refractivity contribution in [3.8, 4) is 0 Å². The average molecular weight is 229 g/mol. The fourth-order valence-corrected chi connectivity index (χ4v) is 0.968. The topological polar surface area (TPSA) is 72.5 Å². The fourth-order valence-electron chi connectivity index (χ4n) is 0.968. The van der Waals surface area contributed by atoms with Crippen molar-refractivity contribution in [1.29, 1.82) is 0 Å². The minimum Gasteiger partial charge on any atom is -0.481 e. The van der Waals surface area contributed by atoms with Gasteiger partial charge in [-0.2, -0.15) is 13.2 Å². The first-order valence-electron chi connectivity index (χ1n) is 4.35. The largest absolute Gasteiger partial charge is 0.481 e. The molecule has 1 atom stereocenters. The molecular formula is C8H14F3NO3. The van der Waals surface area contributed by atoms with Crippen LogP contribution in [0.5, 0.6) is 0 Å². The van der Waals surface area contributed by atoms with E-state index >= 15 is 0 Å². The Balaban J connectivity index is 4.26. The van der Waals surface area contributed by atoms with Crippen molar-refractivity contribution in [2.24, 2.45) is 11.1 Å². The maximum absolute atomic E-state index is 11.7. The highest BCUT2D eigenvalue weighted by atomic mass is 19.4. The lowest BCUT2D eigenvalue weighted by Crippen LogP contribution is -2.43. The van der Waals surface area contributed by atoms with Gasteiger partial charge in [0, 0.05) is 6.54 Å². The zero-order valence-electron chi connectivity index (χ0n) is 8.30. The van der Waals surface area contributed by atoms with Gasteiger partial charge in [-0.25, -0.2) is 0 Å². The Morgan fingerprint density at radius 3 is 2.20 bits per heavy atom. The van der Waals surface area contributed by atoms with E-state index in [2.05, 4.69) is 4.74 Å². The summed E-state index contributed by atoms with van der Waals surface area (Å²) in [5.74, 6) is -1.24. The summed E-state index contributed by atoms with van der Waals surface area (Å²) in [6.45, 7) is -0.703. The van der Waals surface area contributed by atoms with Crippen molar-refractivity contribution in [3.05, 3.63) is 0 Å². The molecule has 0 aromatic rings. The third-order valence-electron chi connectivity index (χ3n) is 2.17. The van der Waals surface area contributed by atoms with Crippen molar-refractivity contribution in [2.75, 3.05) is 19.8 Å². The molecule has 15 heavy (non-hydrogen) atoms. The number of halogens is 3. The molecule has 0 aliphatic heterocycles. The van der Waals surface area contributed by atoms with E-state index in [0.29, 0.717) is 0 Å². The Labute approximate surface area is 85.2 Å². The van der Waals surface area contributed by atoms with Crippen molar-refractivity contribution in [3.63, 3.8) is 0 Å². The van der Waals surface area contributed by atoms with Gasteiger partial charge < -0.3 is 15.6 Å². The predicted octanol–water partition coefficient (Wildman–Crippen LogP) is 1.01. The lowest BCUT2D eigenvalue weighted by Gasteiger charge is -2.26. The molecule has 0 aromatic heterocycles. The van der Waals surface area contributed by atoms with E-state index in [0.717, 1.165) is 0 Å². The van der Waals surface area contributed by atoms with Gasteiger partial charge in [0.25, 0.3) is 0 Å². The summed E-state index contributed by atoms with van der Waals surface area (Å²) >= 11 is 0. The van der Waals surface area contributed by atoms with Crippen LogP contribution in [0.3, 0.4) is 0 Å². The summed E-state index contributed by atoms with van der Waals surface area (Å²) < 4.78 is 39.5. The van der Waals surface area contributed by atoms with Crippen LogP contribution in [-0.4, -0.2) is 37.0 Å². The highest BCUT2D eigenvalue weighted by molar-refractivity contribution is 5.75. The van der Waals surface area contributed by atoms with Crippen LogP contribution in [0, 0.1) is 5.41 Å². The molecular weight excluding hydrogens is 215 g/mol. The van der Waals surface area contributed by atoms with E-state index in [-0.39, 0.29) is 13.0 Å². The van der Waals surface area contributed by atoms with E-state index in [9.17, 15) is 18.0 Å². The third kappa shape index (κ3) is 4.48.